The van der Waals surface area contributed by atoms with Crippen molar-refractivity contribution in [1.82, 2.24) is 0 Å². The summed E-state index contributed by atoms with van der Waals surface area (Å²) in [6, 6.07) is 21.8. The predicted octanol–water partition coefficient (Wildman–Crippen LogP) is 9.71. The van der Waals surface area contributed by atoms with Crippen molar-refractivity contribution in [2.24, 2.45) is 0 Å². The van der Waals surface area contributed by atoms with Crippen LogP contribution in [0.1, 0.15) is 64.6 Å². The van der Waals surface area contributed by atoms with Gasteiger partial charge >= 0.3 is 247 Å². The average Bonchev–Trinajstić information content (AvgIpc) is 3.44. The molecule has 0 bridgehead atoms. The molecule has 0 aromatic heterocycles. The molecule has 1 heterocycles. The zero-order valence-corrected chi connectivity index (χ0v) is 26.2. The van der Waals surface area contributed by atoms with Gasteiger partial charge in [-0.3, -0.25) is 0 Å². The molecule has 2 atom stereocenters. The summed E-state index contributed by atoms with van der Waals surface area (Å²) in [5, 5.41) is 0. The van der Waals surface area contributed by atoms with Crippen LogP contribution in [0, 0.1) is 39.3 Å². The first kappa shape index (κ1) is 26.6. The Morgan fingerprint density at radius 2 is 0.927 bits per heavy atom. The Morgan fingerprint density at radius 3 is 1.32 bits per heavy atom. The van der Waals surface area contributed by atoms with E-state index in [0.717, 1.165) is 12.8 Å². The van der Waals surface area contributed by atoms with Crippen LogP contribution in [0.25, 0.3) is 12.2 Å². The zero-order chi connectivity index (χ0) is 28.5. The van der Waals surface area contributed by atoms with Crippen molar-refractivity contribution in [2.75, 3.05) is 0 Å². The number of halogens is 2. The molecule has 0 spiro atoms. The van der Waals surface area contributed by atoms with E-state index >= 15 is 0 Å². The molecular weight excluding hydrogens is 594 g/mol. The molecule has 0 saturated carbocycles. The quantitative estimate of drug-likeness (QED) is 0.225. The first-order valence-electron chi connectivity index (χ1n) is 14.2. The van der Waals surface area contributed by atoms with E-state index in [1.54, 1.807) is 24.3 Å². The summed E-state index contributed by atoms with van der Waals surface area (Å²) >= 11 is -4.61. The maximum absolute atomic E-state index is 14.1. The summed E-state index contributed by atoms with van der Waals surface area (Å²) in [5.74, 6) is 0.606. The molecule has 2 nitrogen and oxygen atoms in total. The van der Waals surface area contributed by atoms with Gasteiger partial charge in [-0.25, -0.2) is 0 Å². The molecule has 1 saturated heterocycles. The summed E-state index contributed by atoms with van der Waals surface area (Å²) < 4.78 is 42.8. The second-order valence-corrected chi connectivity index (χ2v) is 19.2. The minimum absolute atomic E-state index is 0.0304. The van der Waals surface area contributed by atoms with Gasteiger partial charge in [-0.2, -0.15) is 0 Å². The van der Waals surface area contributed by atoms with Gasteiger partial charge in [0.05, 0.1) is 0 Å². The number of aryl methyl sites for hydroxylation is 4. The monoisotopic (exact) mass is 624 g/mol. The Balaban J connectivity index is 1.53. The van der Waals surface area contributed by atoms with E-state index < -0.39 is 21.1 Å². The Hall–Kier alpha value is -3.30. The fourth-order valence-corrected chi connectivity index (χ4v) is 18.5. The van der Waals surface area contributed by atoms with E-state index in [1.807, 2.05) is 0 Å². The van der Waals surface area contributed by atoms with Crippen LogP contribution in [-0.2, 0) is 21.1 Å². The van der Waals surface area contributed by atoms with Gasteiger partial charge in [0.25, 0.3) is 0 Å². The summed E-state index contributed by atoms with van der Waals surface area (Å²) in [6.45, 7) is 8.63. The van der Waals surface area contributed by atoms with Gasteiger partial charge in [-0.1, -0.05) is 0 Å². The van der Waals surface area contributed by atoms with Crippen molar-refractivity contribution in [2.45, 2.75) is 47.8 Å². The van der Waals surface area contributed by atoms with E-state index in [9.17, 15) is 8.78 Å². The van der Waals surface area contributed by atoms with Crippen LogP contribution in [0.4, 0.5) is 8.78 Å². The molecule has 1 aliphatic heterocycles. The molecular formula is C36H32F2O2Zr. The van der Waals surface area contributed by atoms with Gasteiger partial charge < -0.3 is 0 Å². The third-order valence-corrected chi connectivity index (χ3v) is 19.2. The summed E-state index contributed by atoms with van der Waals surface area (Å²) in [4.78, 5) is 0. The van der Waals surface area contributed by atoms with Crippen LogP contribution in [0.3, 0.4) is 0 Å². The average molecular weight is 626 g/mol. The van der Waals surface area contributed by atoms with Gasteiger partial charge in [-0.15, -0.1) is 0 Å². The van der Waals surface area contributed by atoms with Gasteiger partial charge in [0, 0.05) is 0 Å². The molecule has 2 aliphatic carbocycles. The van der Waals surface area contributed by atoms with Crippen LogP contribution >= 0.6 is 0 Å². The van der Waals surface area contributed by atoms with Crippen molar-refractivity contribution >= 4 is 12.2 Å². The Morgan fingerprint density at radius 1 is 0.561 bits per heavy atom. The van der Waals surface area contributed by atoms with E-state index in [0.29, 0.717) is 11.5 Å². The van der Waals surface area contributed by atoms with Crippen molar-refractivity contribution < 1.29 is 35.6 Å². The number of hydrogen-bond donors (Lipinski definition) is 0. The Labute approximate surface area is 246 Å². The number of benzene rings is 4. The van der Waals surface area contributed by atoms with Crippen LogP contribution in [-0.4, -0.2) is 0 Å². The van der Waals surface area contributed by atoms with E-state index in [4.69, 9.17) is 5.63 Å². The van der Waals surface area contributed by atoms with Gasteiger partial charge in [-0.05, 0) is 0 Å². The second-order valence-electron chi connectivity index (χ2n) is 11.8. The summed E-state index contributed by atoms with van der Waals surface area (Å²) in [7, 11) is 0. The zero-order valence-electron chi connectivity index (χ0n) is 23.7. The third-order valence-electron chi connectivity index (χ3n) is 9.13. The standard InChI is InChI=1S/C24H24.2C6H5FO.Zr/c1-15-7-21-11-19(12-22(21)8-16(15)2)5-6-20-13-23-9-17(3)18(4)10-24(23)14-20;2*7-5-1-3-6(8)4-2-5;/h7-14H,5-6H2,1-4H3;2*1-4,8H;/q;;;+2/p-2. The summed E-state index contributed by atoms with van der Waals surface area (Å²) in [5.41, 5.74) is 12.6. The van der Waals surface area contributed by atoms with Gasteiger partial charge in [0.2, 0.25) is 0 Å². The SMILES string of the molecule is Cc1cc2c(cc1C)[CH]1C(=C2)CCC2=Cc3cc(C)c(C)cc3[CH]2[Zr]1([O]c1ccc(F)cc1)[O]c1ccc(F)cc1. The van der Waals surface area contributed by atoms with Crippen LogP contribution in [0.5, 0.6) is 11.5 Å². The topological polar surface area (TPSA) is 18.5 Å². The number of allylic oxidation sites excluding steroid dienone is 2. The molecule has 41 heavy (non-hydrogen) atoms. The first-order valence-corrected chi connectivity index (χ1v) is 19.1. The minimum atomic E-state index is -4.61. The molecule has 0 radical (unpaired) electrons. The second kappa shape index (κ2) is 9.91. The van der Waals surface area contributed by atoms with Crippen molar-refractivity contribution in [3.05, 3.63) is 140 Å². The van der Waals surface area contributed by atoms with E-state index in [2.05, 4.69) is 64.1 Å². The number of rotatable bonds is 4. The molecule has 5 heteroatoms. The molecule has 0 amide bonds. The normalized spacial score (nSPS) is 19.8. The van der Waals surface area contributed by atoms with Crippen LogP contribution < -0.4 is 5.63 Å². The van der Waals surface area contributed by atoms with Crippen molar-refractivity contribution in [3.8, 4) is 11.5 Å². The molecule has 206 valence electrons. The molecule has 0 N–H and O–H groups in total. The fraction of sp³-hybridized carbons (Fsp3) is 0.222. The van der Waals surface area contributed by atoms with Crippen molar-refractivity contribution in [3.63, 3.8) is 0 Å². The van der Waals surface area contributed by atoms with Crippen LogP contribution in [0.2, 0.25) is 0 Å². The first-order chi connectivity index (χ1) is 19.7. The fourth-order valence-electron chi connectivity index (χ4n) is 6.91. The predicted molar refractivity (Wildman–Crippen MR) is 157 cm³/mol. The molecule has 2 unspecified atom stereocenters. The number of hydrogen-bond acceptors (Lipinski definition) is 2. The van der Waals surface area contributed by atoms with E-state index in [1.165, 1.54) is 79.9 Å². The molecule has 3 aliphatic rings. The Bertz CT molecular complexity index is 1620. The molecule has 7 rings (SSSR count). The maximum atomic E-state index is 14.1. The Kier molecular flexibility index (Phi) is 6.43. The van der Waals surface area contributed by atoms with Gasteiger partial charge in [0.15, 0.2) is 0 Å². The number of fused-ring (bicyclic) bond motifs is 6. The summed E-state index contributed by atoms with van der Waals surface area (Å²) in [6.07, 6.45) is 6.54. The molecule has 4 aromatic rings. The third kappa shape index (κ3) is 4.45. The van der Waals surface area contributed by atoms with Crippen LogP contribution in [0.15, 0.2) is 83.9 Å². The van der Waals surface area contributed by atoms with Gasteiger partial charge in [0.1, 0.15) is 0 Å². The molecule has 4 aromatic carbocycles. The molecule has 1 fully saturated rings. The van der Waals surface area contributed by atoms with Crippen molar-refractivity contribution in [1.29, 1.82) is 0 Å². The van der Waals surface area contributed by atoms with E-state index in [-0.39, 0.29) is 18.9 Å².